The molecular formula is C53H58Cl2N6O11. The number of phenolic OH excluding ortho intramolecular Hbond substituents is 1. The van der Waals surface area contributed by atoms with Crippen LogP contribution in [-0.4, -0.2) is 90.3 Å². The summed E-state index contributed by atoms with van der Waals surface area (Å²) < 4.78 is 11.6. The molecule has 0 unspecified atom stereocenters. The number of hydrogen-bond donors (Lipinski definition) is 7. The van der Waals surface area contributed by atoms with Crippen molar-refractivity contribution < 1.29 is 52.9 Å². The summed E-state index contributed by atoms with van der Waals surface area (Å²) in [6, 6.07) is 22.8. The second kappa shape index (κ2) is 24.0. The SMILES string of the molecule is C[C@]12CC[C@@H]3c4ccc(O)cc4CC[C@H]3[C@@H]1CC[C@@H]2OC(=O)CCC(=O)N[C@@H](Cc1ccc(OC(=O)c2c(Cl)cccc2Cl)cc1)C(=O)NCC(=O)NCC(=O)N[C@@H](Cc1ccccc1)C(=O)NCC(N)=O. The van der Waals surface area contributed by atoms with Gasteiger partial charge in [-0.15, -0.1) is 0 Å². The number of ether oxygens (including phenoxy) is 2. The van der Waals surface area contributed by atoms with Gasteiger partial charge in [0.05, 0.1) is 41.7 Å². The number of halogens is 2. The number of hydrogen-bond acceptors (Lipinski definition) is 11. The van der Waals surface area contributed by atoms with Crippen molar-refractivity contribution in [3.63, 3.8) is 0 Å². The molecule has 3 aliphatic carbocycles. The van der Waals surface area contributed by atoms with Crippen LogP contribution in [0.3, 0.4) is 0 Å². The van der Waals surface area contributed by atoms with Crippen LogP contribution in [0.2, 0.25) is 10.0 Å². The molecule has 0 heterocycles. The fraction of sp³-hybridized carbons (Fsp3) is 0.396. The highest BCUT2D eigenvalue weighted by Crippen LogP contribution is 2.61. The molecule has 6 amide bonds. The number of phenols is 1. The van der Waals surface area contributed by atoms with Crippen LogP contribution in [0.25, 0.3) is 0 Å². The predicted octanol–water partition coefficient (Wildman–Crippen LogP) is 4.76. The fourth-order valence-electron chi connectivity index (χ4n) is 10.5. The van der Waals surface area contributed by atoms with E-state index in [2.05, 4.69) is 39.6 Å². The summed E-state index contributed by atoms with van der Waals surface area (Å²) in [4.78, 5) is 103. The van der Waals surface area contributed by atoms with E-state index in [9.17, 15) is 43.5 Å². The Bertz CT molecular complexity index is 2670. The molecule has 7 rings (SSSR count). The Morgan fingerprint density at radius 3 is 2.03 bits per heavy atom. The van der Waals surface area contributed by atoms with E-state index < -0.39 is 79.1 Å². The number of nitrogens with one attached hydrogen (secondary N) is 5. The Balaban J connectivity index is 0.942. The number of benzene rings is 4. The minimum atomic E-state index is -1.26. The van der Waals surface area contributed by atoms with Crippen LogP contribution in [0.15, 0.2) is 91.0 Å². The van der Waals surface area contributed by atoms with Crippen molar-refractivity contribution in [1.29, 1.82) is 0 Å². The van der Waals surface area contributed by atoms with E-state index in [1.165, 1.54) is 35.4 Å². The minimum absolute atomic E-state index is 0.0162. The van der Waals surface area contributed by atoms with Crippen LogP contribution in [-0.2, 0) is 57.6 Å². The van der Waals surface area contributed by atoms with Gasteiger partial charge in [-0.1, -0.05) is 84.7 Å². The van der Waals surface area contributed by atoms with Crippen LogP contribution in [0.5, 0.6) is 11.5 Å². The molecule has 8 N–H and O–H groups in total. The highest BCUT2D eigenvalue weighted by atomic mass is 35.5. The second-order valence-electron chi connectivity index (χ2n) is 18.8. The maximum atomic E-state index is 13.7. The molecule has 0 saturated heterocycles. The van der Waals surface area contributed by atoms with E-state index in [1.807, 2.05) is 6.07 Å². The number of esters is 2. The molecule has 0 aromatic heterocycles. The zero-order chi connectivity index (χ0) is 51.5. The summed E-state index contributed by atoms with van der Waals surface area (Å²) in [5.74, 6) is -4.00. The second-order valence-corrected chi connectivity index (χ2v) is 19.7. The van der Waals surface area contributed by atoms with Crippen LogP contribution in [0.4, 0.5) is 0 Å². The molecule has 4 aromatic carbocycles. The molecule has 0 spiro atoms. The number of amides is 6. The summed E-state index contributed by atoms with van der Waals surface area (Å²) in [5, 5.41) is 22.7. The Morgan fingerprint density at radius 2 is 1.35 bits per heavy atom. The van der Waals surface area contributed by atoms with Gasteiger partial charge in [-0.25, -0.2) is 4.79 Å². The lowest BCUT2D eigenvalue weighted by Crippen LogP contribution is -2.53. The van der Waals surface area contributed by atoms with E-state index >= 15 is 0 Å². The first-order valence-corrected chi connectivity index (χ1v) is 24.7. The molecule has 380 valence electrons. The molecule has 2 saturated carbocycles. The first kappa shape index (κ1) is 52.8. The van der Waals surface area contributed by atoms with Gasteiger partial charge in [-0.2, -0.15) is 0 Å². The lowest BCUT2D eigenvalue weighted by molar-refractivity contribution is -0.158. The lowest BCUT2D eigenvalue weighted by Gasteiger charge is -2.50. The van der Waals surface area contributed by atoms with Gasteiger partial charge in [0.15, 0.2) is 0 Å². The van der Waals surface area contributed by atoms with E-state index in [0.717, 1.165) is 38.5 Å². The number of fused-ring (bicyclic) bond motifs is 5. The molecule has 3 aliphatic rings. The van der Waals surface area contributed by atoms with Crippen molar-refractivity contribution in [2.24, 2.45) is 23.0 Å². The molecule has 0 radical (unpaired) electrons. The maximum Gasteiger partial charge on any atom is 0.346 e. The summed E-state index contributed by atoms with van der Waals surface area (Å²) in [7, 11) is 0. The van der Waals surface area contributed by atoms with Crippen molar-refractivity contribution in [2.45, 2.75) is 95.2 Å². The van der Waals surface area contributed by atoms with Crippen LogP contribution in [0.1, 0.15) is 90.4 Å². The molecule has 0 bridgehead atoms. The number of carbonyl (C=O) groups excluding carboxylic acids is 8. The fourth-order valence-corrected chi connectivity index (χ4v) is 11.1. The highest BCUT2D eigenvalue weighted by Gasteiger charge is 2.56. The maximum absolute atomic E-state index is 13.7. The Hall–Kier alpha value is -6.98. The zero-order valence-electron chi connectivity index (χ0n) is 39.7. The van der Waals surface area contributed by atoms with Gasteiger partial charge in [-0.3, -0.25) is 33.6 Å². The molecule has 17 nitrogen and oxygen atoms in total. The molecular weight excluding hydrogens is 968 g/mol. The third-order valence-corrected chi connectivity index (χ3v) is 14.7. The van der Waals surface area contributed by atoms with Crippen LogP contribution >= 0.6 is 23.2 Å². The first-order chi connectivity index (χ1) is 34.5. The van der Waals surface area contributed by atoms with Gasteiger partial charge < -0.3 is 46.9 Å². The van der Waals surface area contributed by atoms with Gasteiger partial charge >= 0.3 is 11.9 Å². The van der Waals surface area contributed by atoms with Gasteiger partial charge in [0, 0.05) is 24.7 Å². The van der Waals surface area contributed by atoms with E-state index in [4.69, 9.17) is 38.4 Å². The number of aryl methyl sites for hydroxylation is 1. The van der Waals surface area contributed by atoms with Gasteiger partial charge in [0.25, 0.3) is 0 Å². The van der Waals surface area contributed by atoms with Crippen LogP contribution in [0, 0.1) is 17.3 Å². The molecule has 4 aromatic rings. The van der Waals surface area contributed by atoms with Crippen molar-refractivity contribution in [2.75, 3.05) is 19.6 Å². The Labute approximate surface area is 426 Å². The highest BCUT2D eigenvalue weighted by molar-refractivity contribution is 6.39. The van der Waals surface area contributed by atoms with Crippen molar-refractivity contribution >= 4 is 70.6 Å². The average molecular weight is 1030 g/mol. The molecule has 72 heavy (non-hydrogen) atoms. The zero-order valence-corrected chi connectivity index (χ0v) is 41.2. The Kier molecular flexibility index (Phi) is 17.6. The van der Waals surface area contributed by atoms with Gasteiger partial charge in [-0.05, 0) is 115 Å². The van der Waals surface area contributed by atoms with Crippen molar-refractivity contribution in [3.8, 4) is 11.5 Å². The lowest BCUT2D eigenvalue weighted by atomic mass is 9.55. The third-order valence-electron chi connectivity index (χ3n) is 14.1. The molecule has 0 aliphatic heterocycles. The normalized spacial score (nSPS) is 20.4. The standard InChI is InChI=1S/C53H58Cl2N6O11/c1-53-23-22-36-35-17-13-33(62)26-32(35)12-16-37(36)38(53)18-19-43(53)72-48(67)21-20-45(64)60-41(25-31-10-14-34(15-11-31)71-52(70)49-39(54)8-5-9-40(49)55)51(69)59-28-46(65)57-29-47(66)61-42(50(68)58-27-44(56)63)24-30-6-3-2-4-7-30/h2-11,13-15,17,26,36-38,41-43,62H,12,16,18-25,27-29H2,1H3,(H2,56,63)(H,57,65)(H,58,68)(H,59,69)(H,60,64)(H,61,66)/t36-,37-,38+,41+,42+,43+,53+/m1/s1. The summed E-state index contributed by atoms with van der Waals surface area (Å²) in [6.07, 6.45) is 4.55. The summed E-state index contributed by atoms with van der Waals surface area (Å²) in [5.41, 5.74) is 8.69. The number of aromatic hydroxyl groups is 1. The minimum Gasteiger partial charge on any atom is -0.508 e. The van der Waals surface area contributed by atoms with Gasteiger partial charge in [0.1, 0.15) is 29.7 Å². The van der Waals surface area contributed by atoms with Gasteiger partial charge in [0.2, 0.25) is 35.4 Å². The quantitative estimate of drug-likeness (QED) is 0.0469. The van der Waals surface area contributed by atoms with Crippen LogP contribution < -0.4 is 37.1 Å². The number of carbonyl (C=O) groups is 8. The molecule has 7 atom stereocenters. The number of rotatable bonds is 20. The van der Waals surface area contributed by atoms with E-state index in [1.54, 1.807) is 54.6 Å². The Morgan fingerprint density at radius 1 is 0.708 bits per heavy atom. The molecule has 2 fully saturated rings. The average Bonchev–Trinajstić information content (AvgIpc) is 3.68. The monoisotopic (exact) mass is 1020 g/mol. The van der Waals surface area contributed by atoms with Crippen molar-refractivity contribution in [3.05, 3.63) is 129 Å². The first-order valence-electron chi connectivity index (χ1n) is 24.0. The largest absolute Gasteiger partial charge is 0.508 e. The van der Waals surface area contributed by atoms with Crippen molar-refractivity contribution in [1.82, 2.24) is 26.6 Å². The predicted molar refractivity (Wildman–Crippen MR) is 266 cm³/mol. The molecule has 19 heteroatoms. The number of primary amides is 1. The summed E-state index contributed by atoms with van der Waals surface area (Å²) >= 11 is 12.4. The smallest absolute Gasteiger partial charge is 0.346 e. The van der Waals surface area contributed by atoms with E-state index in [0.29, 0.717) is 28.9 Å². The topological polar surface area (TPSA) is 261 Å². The number of nitrogens with two attached hydrogens (primary N) is 1. The third kappa shape index (κ3) is 13.5. The van der Waals surface area contributed by atoms with E-state index in [-0.39, 0.29) is 64.3 Å². The summed E-state index contributed by atoms with van der Waals surface area (Å²) in [6.45, 7) is 0.593.